The Morgan fingerprint density at radius 3 is 1.96 bits per heavy atom. The fourth-order valence-corrected chi connectivity index (χ4v) is 8.30. The van der Waals surface area contributed by atoms with Crippen molar-refractivity contribution < 1.29 is 0 Å². The molecule has 11 rings (SSSR count). The molecular weight excluding hydrogens is 558 g/mol. The second kappa shape index (κ2) is 8.77. The van der Waals surface area contributed by atoms with Gasteiger partial charge in [0.25, 0.3) is 0 Å². The van der Waals surface area contributed by atoms with Crippen LogP contribution in [0.3, 0.4) is 0 Å². The van der Waals surface area contributed by atoms with Gasteiger partial charge in [0, 0.05) is 32.9 Å². The number of aromatic nitrogens is 2. The predicted molar refractivity (Wildman–Crippen MR) is 192 cm³/mol. The smallest absolute Gasteiger partial charge is 0.0783 e. The lowest BCUT2D eigenvalue weighted by Crippen LogP contribution is -2.17. The summed E-state index contributed by atoms with van der Waals surface area (Å²) < 4.78 is 4.97. The summed E-state index contributed by atoms with van der Waals surface area (Å²) in [6.07, 6.45) is 1.00. The summed E-state index contributed by atoms with van der Waals surface area (Å²) in [6.45, 7) is 0. The van der Waals surface area contributed by atoms with E-state index in [1.807, 2.05) is 0 Å². The van der Waals surface area contributed by atoms with Crippen molar-refractivity contribution in [3.63, 3.8) is 0 Å². The van der Waals surface area contributed by atoms with Gasteiger partial charge >= 0.3 is 0 Å². The maximum atomic E-state index is 2.49. The van der Waals surface area contributed by atoms with Crippen LogP contribution in [0.25, 0.3) is 66.1 Å². The summed E-state index contributed by atoms with van der Waals surface area (Å²) in [6, 6.07) is 55.9. The number of fused-ring (bicyclic) bond motifs is 11. The highest BCUT2D eigenvalue weighted by atomic mass is 15.2. The van der Waals surface area contributed by atoms with Gasteiger partial charge in [-0.15, -0.1) is 0 Å². The third-order valence-corrected chi connectivity index (χ3v) is 10.2. The van der Waals surface area contributed by atoms with Crippen LogP contribution in [0.1, 0.15) is 11.1 Å². The van der Waals surface area contributed by atoms with Crippen molar-refractivity contribution in [2.75, 3.05) is 4.90 Å². The number of para-hydroxylation sites is 5. The first kappa shape index (κ1) is 24.3. The number of anilines is 3. The van der Waals surface area contributed by atoms with E-state index in [4.69, 9.17) is 0 Å². The van der Waals surface area contributed by atoms with Crippen LogP contribution in [0.4, 0.5) is 17.1 Å². The van der Waals surface area contributed by atoms with E-state index < -0.39 is 0 Å². The number of benzene rings is 7. The van der Waals surface area contributed by atoms with Crippen LogP contribution in [-0.2, 0) is 6.42 Å². The van der Waals surface area contributed by atoms with E-state index in [2.05, 4.69) is 166 Å². The Labute approximate surface area is 265 Å². The standard InChI is InChI=1S/C43H27N3/c1-2-12-29(13-3-1)44-38-18-8-9-19-39(38)46-42-25-35-32-15-6-7-17-37(32)45(41(35)26-36(42)33-16-10-20-40(44)43(33)46)30-22-21-28-23-27-11-4-5-14-31(27)34(28)24-30/h1-22,24-26H,23H2. The van der Waals surface area contributed by atoms with E-state index in [0.717, 1.165) is 6.42 Å². The van der Waals surface area contributed by atoms with E-state index >= 15 is 0 Å². The maximum absolute atomic E-state index is 2.49. The molecule has 0 spiro atoms. The van der Waals surface area contributed by atoms with Crippen LogP contribution in [-0.4, -0.2) is 9.13 Å². The van der Waals surface area contributed by atoms with E-state index in [-0.39, 0.29) is 0 Å². The first-order valence-electron chi connectivity index (χ1n) is 16.0. The number of nitrogens with zero attached hydrogens (tertiary/aromatic N) is 3. The number of rotatable bonds is 2. The lowest BCUT2D eigenvalue weighted by atomic mass is 10.0. The molecule has 3 heteroatoms. The van der Waals surface area contributed by atoms with Crippen LogP contribution in [0.5, 0.6) is 0 Å². The Kier molecular flexibility index (Phi) is 4.63. The minimum atomic E-state index is 1.00. The van der Waals surface area contributed by atoms with E-state index in [1.54, 1.807) is 0 Å². The molecule has 0 unspecified atom stereocenters. The van der Waals surface area contributed by atoms with Crippen LogP contribution in [0.15, 0.2) is 152 Å². The summed E-state index contributed by atoms with van der Waals surface area (Å²) in [5.74, 6) is 0. The van der Waals surface area contributed by atoms with Gasteiger partial charge in [-0.1, -0.05) is 91.0 Å². The quantitative estimate of drug-likeness (QED) is 0.197. The average Bonchev–Trinajstić information content (AvgIpc) is 3.76. The molecule has 0 amide bonds. The van der Waals surface area contributed by atoms with Gasteiger partial charge in [-0.3, -0.25) is 0 Å². The van der Waals surface area contributed by atoms with Crippen LogP contribution in [0, 0.1) is 0 Å². The SMILES string of the molecule is c1ccc(N2c3ccccc3-n3c4cc5c6ccccc6n(-c6ccc7c(c6)-c6ccccc6C7)c5cc4c4cccc2c43)cc1. The molecule has 1 aliphatic carbocycles. The van der Waals surface area contributed by atoms with E-state index in [1.165, 1.54) is 94.3 Å². The van der Waals surface area contributed by atoms with Crippen molar-refractivity contribution in [3.8, 4) is 22.5 Å². The lowest BCUT2D eigenvalue weighted by Gasteiger charge is -2.33. The van der Waals surface area contributed by atoms with Crippen molar-refractivity contribution >= 4 is 60.7 Å². The van der Waals surface area contributed by atoms with Gasteiger partial charge in [-0.05, 0) is 89.3 Å². The van der Waals surface area contributed by atoms with Crippen molar-refractivity contribution in [2.24, 2.45) is 0 Å². The fourth-order valence-electron chi connectivity index (χ4n) is 8.30. The topological polar surface area (TPSA) is 13.1 Å². The molecule has 0 saturated carbocycles. The predicted octanol–water partition coefficient (Wildman–Crippen LogP) is 11.2. The largest absolute Gasteiger partial charge is 0.309 e. The zero-order valence-electron chi connectivity index (χ0n) is 25.0. The second-order valence-corrected chi connectivity index (χ2v) is 12.6. The summed E-state index contributed by atoms with van der Waals surface area (Å²) in [7, 11) is 0. The molecule has 2 aliphatic rings. The number of hydrogen-bond donors (Lipinski definition) is 0. The minimum Gasteiger partial charge on any atom is -0.309 e. The van der Waals surface area contributed by atoms with Gasteiger partial charge in [0.05, 0.1) is 39.1 Å². The molecule has 0 fully saturated rings. The van der Waals surface area contributed by atoms with E-state index in [0.29, 0.717) is 0 Å². The van der Waals surface area contributed by atoms with Gasteiger partial charge in [0.2, 0.25) is 0 Å². The Morgan fingerprint density at radius 1 is 0.370 bits per heavy atom. The molecule has 0 saturated heterocycles. The zero-order valence-corrected chi connectivity index (χ0v) is 25.0. The second-order valence-electron chi connectivity index (χ2n) is 12.6. The lowest BCUT2D eigenvalue weighted by molar-refractivity contribution is 1.11. The summed E-state index contributed by atoms with van der Waals surface area (Å²) >= 11 is 0. The molecule has 2 aromatic heterocycles. The molecule has 3 nitrogen and oxygen atoms in total. The highest BCUT2D eigenvalue weighted by Crippen LogP contribution is 2.50. The van der Waals surface area contributed by atoms with Crippen molar-refractivity contribution in [3.05, 3.63) is 163 Å². The van der Waals surface area contributed by atoms with Gasteiger partial charge < -0.3 is 14.0 Å². The summed E-state index contributed by atoms with van der Waals surface area (Å²) in [5.41, 5.74) is 16.4. The molecule has 3 heterocycles. The van der Waals surface area contributed by atoms with Gasteiger partial charge in [0.15, 0.2) is 0 Å². The van der Waals surface area contributed by atoms with E-state index in [9.17, 15) is 0 Å². The molecule has 7 aromatic carbocycles. The van der Waals surface area contributed by atoms with Gasteiger partial charge in [-0.25, -0.2) is 0 Å². The van der Waals surface area contributed by atoms with Gasteiger partial charge in [-0.2, -0.15) is 0 Å². The fraction of sp³-hybridized carbons (Fsp3) is 0.0233. The molecule has 0 radical (unpaired) electrons. The molecule has 0 bridgehead atoms. The summed E-state index contributed by atoms with van der Waals surface area (Å²) in [5, 5.41) is 5.08. The highest BCUT2D eigenvalue weighted by molar-refractivity contribution is 6.22. The zero-order chi connectivity index (χ0) is 29.9. The summed E-state index contributed by atoms with van der Waals surface area (Å²) in [4.78, 5) is 2.41. The first-order valence-corrected chi connectivity index (χ1v) is 16.0. The monoisotopic (exact) mass is 585 g/mol. The van der Waals surface area contributed by atoms with Gasteiger partial charge in [0.1, 0.15) is 0 Å². The van der Waals surface area contributed by atoms with Crippen LogP contribution in [0.2, 0.25) is 0 Å². The molecule has 1 aliphatic heterocycles. The highest BCUT2D eigenvalue weighted by Gasteiger charge is 2.29. The maximum Gasteiger partial charge on any atom is 0.0783 e. The van der Waals surface area contributed by atoms with Crippen molar-refractivity contribution in [1.29, 1.82) is 0 Å². The Bertz CT molecular complexity index is 2730. The van der Waals surface area contributed by atoms with Crippen molar-refractivity contribution in [1.82, 2.24) is 9.13 Å². The average molecular weight is 586 g/mol. The normalized spacial score (nSPS) is 13.1. The van der Waals surface area contributed by atoms with Crippen molar-refractivity contribution in [2.45, 2.75) is 6.42 Å². The third-order valence-electron chi connectivity index (χ3n) is 10.2. The third kappa shape index (κ3) is 3.07. The molecular formula is C43H27N3. The molecule has 46 heavy (non-hydrogen) atoms. The first-order chi connectivity index (χ1) is 22.8. The Hall–Kier alpha value is -6.06. The minimum absolute atomic E-state index is 1.00. The molecule has 0 N–H and O–H groups in total. The molecule has 214 valence electrons. The molecule has 0 atom stereocenters. The van der Waals surface area contributed by atoms with Crippen LogP contribution >= 0.6 is 0 Å². The number of hydrogen-bond acceptors (Lipinski definition) is 1. The Morgan fingerprint density at radius 2 is 1.04 bits per heavy atom. The Balaban J connectivity index is 1.25. The van der Waals surface area contributed by atoms with Crippen LogP contribution < -0.4 is 4.90 Å². The molecule has 9 aromatic rings.